The fourth-order valence-corrected chi connectivity index (χ4v) is 0.989. The van der Waals surface area contributed by atoms with Crippen LogP contribution in [0.3, 0.4) is 0 Å². The molecule has 1 N–H and O–H groups in total. The number of carbonyl (C=O) groups excluding carboxylic acids is 1. The average molecular weight is 206 g/mol. The molecule has 0 atom stereocenters. The van der Waals surface area contributed by atoms with E-state index in [1.165, 1.54) is 18.2 Å². The van der Waals surface area contributed by atoms with E-state index < -0.39 is 5.95 Å². The van der Waals surface area contributed by atoms with Crippen molar-refractivity contribution >= 4 is 5.91 Å². The van der Waals surface area contributed by atoms with Crippen molar-refractivity contribution in [2.45, 2.75) is 13.3 Å². The predicted molar refractivity (Wildman–Crippen MR) is 54.6 cm³/mol. The number of hydrogen-bond donors (Lipinski definition) is 1. The van der Waals surface area contributed by atoms with Crippen LogP contribution in [0.4, 0.5) is 4.39 Å². The Morgan fingerprint density at radius 3 is 3.07 bits per heavy atom. The molecule has 0 aliphatic heterocycles. The van der Waals surface area contributed by atoms with Crippen LogP contribution in [-0.2, 0) is 0 Å². The molecule has 4 heteroatoms. The van der Waals surface area contributed by atoms with Gasteiger partial charge in [0.2, 0.25) is 5.95 Å². The highest BCUT2D eigenvalue weighted by Crippen LogP contribution is 1.97. The van der Waals surface area contributed by atoms with Crippen molar-refractivity contribution in [3.63, 3.8) is 0 Å². The summed E-state index contributed by atoms with van der Waals surface area (Å²) in [4.78, 5) is 14.8. The Morgan fingerprint density at radius 2 is 2.40 bits per heavy atom. The van der Waals surface area contributed by atoms with Crippen molar-refractivity contribution in [2.24, 2.45) is 0 Å². The molecule has 0 spiro atoms. The number of amides is 1. The summed E-state index contributed by atoms with van der Waals surface area (Å²) < 4.78 is 12.7. The van der Waals surface area contributed by atoms with Crippen LogP contribution in [-0.4, -0.2) is 17.4 Å². The number of hydrogen-bond acceptors (Lipinski definition) is 2. The molecule has 78 valence electrons. The summed E-state index contributed by atoms with van der Waals surface area (Å²) in [7, 11) is 0. The Bertz CT molecular complexity index is 407. The van der Waals surface area contributed by atoms with Gasteiger partial charge >= 0.3 is 0 Å². The fourth-order valence-electron chi connectivity index (χ4n) is 0.989. The Morgan fingerprint density at radius 1 is 1.60 bits per heavy atom. The van der Waals surface area contributed by atoms with Gasteiger partial charge in [-0.25, -0.2) is 4.98 Å². The minimum atomic E-state index is -0.656. The molecule has 0 radical (unpaired) electrons. The van der Waals surface area contributed by atoms with Crippen molar-refractivity contribution in [1.82, 2.24) is 10.3 Å². The monoisotopic (exact) mass is 206 g/mol. The zero-order valence-corrected chi connectivity index (χ0v) is 8.38. The predicted octanol–water partition coefficient (Wildman–Crippen LogP) is 1.36. The second kappa shape index (κ2) is 5.76. The minimum absolute atomic E-state index is 0.0828. The maximum absolute atomic E-state index is 12.7. The lowest BCUT2D eigenvalue weighted by molar-refractivity contribution is 0.0948. The molecule has 1 rings (SSSR count). The van der Waals surface area contributed by atoms with Crippen LogP contribution in [0.2, 0.25) is 0 Å². The molecule has 0 aliphatic rings. The molecule has 1 heterocycles. The fraction of sp³-hybridized carbons (Fsp3) is 0.273. The highest BCUT2D eigenvalue weighted by atomic mass is 19.1. The van der Waals surface area contributed by atoms with E-state index >= 15 is 0 Å². The summed E-state index contributed by atoms with van der Waals surface area (Å²) in [6.45, 7) is 2.17. The molecule has 15 heavy (non-hydrogen) atoms. The second-order valence-corrected chi connectivity index (χ2v) is 2.78. The first-order chi connectivity index (χ1) is 7.24. The number of nitrogens with zero attached hydrogens (tertiary/aromatic N) is 1. The third-order valence-electron chi connectivity index (χ3n) is 1.66. The molecule has 3 nitrogen and oxygen atoms in total. The summed E-state index contributed by atoms with van der Waals surface area (Å²) in [5, 5.41) is 2.59. The van der Waals surface area contributed by atoms with Gasteiger partial charge in [-0.3, -0.25) is 4.79 Å². The first-order valence-electron chi connectivity index (χ1n) is 4.54. The van der Waals surface area contributed by atoms with Gasteiger partial charge in [-0.1, -0.05) is 6.07 Å². The summed E-state index contributed by atoms with van der Waals surface area (Å²) >= 11 is 0. The zero-order valence-electron chi connectivity index (χ0n) is 8.38. The molecular formula is C11H11FN2O. The first kappa shape index (κ1) is 11.2. The highest BCUT2D eigenvalue weighted by Gasteiger charge is 2.06. The van der Waals surface area contributed by atoms with E-state index in [4.69, 9.17) is 0 Å². The number of halogens is 1. The van der Waals surface area contributed by atoms with E-state index in [-0.39, 0.29) is 11.6 Å². The van der Waals surface area contributed by atoms with Crippen LogP contribution in [0.15, 0.2) is 18.2 Å². The lowest BCUT2D eigenvalue weighted by atomic mass is 10.3. The third-order valence-corrected chi connectivity index (χ3v) is 1.66. The molecule has 0 saturated heterocycles. The van der Waals surface area contributed by atoms with Crippen molar-refractivity contribution in [2.75, 3.05) is 6.54 Å². The van der Waals surface area contributed by atoms with Gasteiger partial charge in [0.1, 0.15) is 5.69 Å². The summed E-state index contributed by atoms with van der Waals surface area (Å²) in [6, 6.07) is 4.10. The Kier molecular flexibility index (Phi) is 4.30. The number of pyridine rings is 1. The van der Waals surface area contributed by atoms with Crippen LogP contribution in [0, 0.1) is 17.8 Å². The first-order valence-corrected chi connectivity index (χ1v) is 4.54. The molecule has 0 saturated carbocycles. The molecule has 0 bridgehead atoms. The van der Waals surface area contributed by atoms with E-state index in [0.29, 0.717) is 13.0 Å². The maximum atomic E-state index is 12.7. The SMILES string of the molecule is CC#CCCNC(=O)c1cccc(F)n1. The van der Waals surface area contributed by atoms with Crippen molar-refractivity contribution in [1.29, 1.82) is 0 Å². The molecule has 1 aromatic heterocycles. The van der Waals surface area contributed by atoms with E-state index in [9.17, 15) is 9.18 Å². The van der Waals surface area contributed by atoms with Crippen molar-refractivity contribution in [3.05, 3.63) is 29.8 Å². The third kappa shape index (κ3) is 3.77. The average Bonchev–Trinajstić information content (AvgIpc) is 2.24. The zero-order chi connectivity index (χ0) is 11.1. The van der Waals surface area contributed by atoms with E-state index in [1.54, 1.807) is 6.92 Å². The standard InChI is InChI=1S/C11H11FN2O/c1-2-3-4-8-13-11(15)9-6-5-7-10(12)14-9/h5-7H,4,8H2,1H3,(H,13,15). The maximum Gasteiger partial charge on any atom is 0.270 e. The minimum Gasteiger partial charge on any atom is -0.350 e. The number of nitrogens with one attached hydrogen (secondary N) is 1. The molecule has 0 unspecified atom stereocenters. The summed E-state index contributed by atoms with van der Waals surface area (Å²) in [5.74, 6) is 4.48. The van der Waals surface area contributed by atoms with Gasteiger partial charge in [0.15, 0.2) is 0 Å². The lowest BCUT2D eigenvalue weighted by Crippen LogP contribution is -2.25. The normalized spacial score (nSPS) is 8.93. The largest absolute Gasteiger partial charge is 0.350 e. The number of aromatic nitrogens is 1. The van der Waals surface area contributed by atoms with Gasteiger partial charge in [-0.05, 0) is 19.1 Å². The molecule has 0 aromatic carbocycles. The van der Waals surface area contributed by atoms with Crippen LogP contribution < -0.4 is 5.32 Å². The van der Waals surface area contributed by atoms with E-state index in [2.05, 4.69) is 22.1 Å². The van der Waals surface area contributed by atoms with Gasteiger partial charge in [-0.2, -0.15) is 4.39 Å². The van der Waals surface area contributed by atoms with Gasteiger partial charge in [0.05, 0.1) is 0 Å². The van der Waals surface area contributed by atoms with E-state index in [1.807, 2.05) is 0 Å². The van der Waals surface area contributed by atoms with Crippen LogP contribution in [0.1, 0.15) is 23.8 Å². The van der Waals surface area contributed by atoms with Gasteiger partial charge < -0.3 is 5.32 Å². The quantitative estimate of drug-likeness (QED) is 0.461. The molecule has 0 fully saturated rings. The van der Waals surface area contributed by atoms with Crippen molar-refractivity contribution < 1.29 is 9.18 Å². The Balaban J connectivity index is 2.49. The topological polar surface area (TPSA) is 42.0 Å². The molecule has 1 amide bonds. The molecule has 0 aliphatic carbocycles. The van der Waals surface area contributed by atoms with Gasteiger partial charge in [0, 0.05) is 13.0 Å². The number of carbonyl (C=O) groups is 1. The van der Waals surface area contributed by atoms with Gasteiger partial charge in [0.25, 0.3) is 5.91 Å². The summed E-state index contributed by atoms with van der Waals surface area (Å²) in [5.41, 5.74) is 0.0828. The highest BCUT2D eigenvalue weighted by molar-refractivity contribution is 5.92. The second-order valence-electron chi connectivity index (χ2n) is 2.78. The summed E-state index contributed by atoms with van der Waals surface area (Å²) in [6.07, 6.45) is 0.581. The Hall–Kier alpha value is -1.89. The van der Waals surface area contributed by atoms with Crippen LogP contribution in [0.5, 0.6) is 0 Å². The van der Waals surface area contributed by atoms with Crippen LogP contribution >= 0.6 is 0 Å². The smallest absolute Gasteiger partial charge is 0.270 e. The lowest BCUT2D eigenvalue weighted by Gasteiger charge is -2.01. The van der Waals surface area contributed by atoms with E-state index in [0.717, 1.165) is 0 Å². The van der Waals surface area contributed by atoms with Gasteiger partial charge in [-0.15, -0.1) is 11.8 Å². The van der Waals surface area contributed by atoms with Crippen LogP contribution in [0.25, 0.3) is 0 Å². The molecular weight excluding hydrogens is 195 g/mol. The molecule has 1 aromatic rings. The van der Waals surface area contributed by atoms with Crippen molar-refractivity contribution in [3.8, 4) is 11.8 Å². The Labute approximate surface area is 87.7 Å². The number of rotatable bonds is 3.